The molecule has 92 heavy (non-hydrogen) atoms. The molecule has 0 spiro atoms. The number of benzene rings is 9. The number of hydrogen-bond acceptors (Lipinski definition) is 11. The van der Waals surface area contributed by atoms with Crippen molar-refractivity contribution in [3.05, 3.63) is 297 Å². The fourth-order valence-corrected chi connectivity index (χ4v) is 14.9. The maximum absolute atomic E-state index is 5.97. The standard InChI is InChI=1S/C33H34NO3Si.C32H31O4Si.C11H18O3Si.2Y/c1-35-38(36-2,37-3)33-23-21-32(22-24-33)26-34-25-31-19-17-30(18-20-31)16-15-29-13-11-28(12-14-29)10-9-27-7-5-4-6-8-27;1-33-37(34-2,35-3)32-23-19-30(20-24-32)25-36-31-21-17-29(18-22-31)16-15-28-13-11-27(12-14-28)10-9-26-7-5-4-6-8-26;1-5-10-6-8-11(9-7-10)15(12-2,13-3)14-4;;/h5-24,34H,25-26H2,1-3H3;5-24H,25H2,1-3H3;6-9H,5H2,1-4H3;;/q2*-1;;;/b2*10-9+,16-15+;;;. The van der Waals surface area contributed by atoms with Gasteiger partial charge < -0.3 is 49.9 Å². The molecule has 0 aliphatic rings. The number of nitrogens with one attached hydrogen (secondary N) is 1. The number of hydrogen-bond donors (Lipinski definition) is 1. The zero-order valence-electron chi connectivity index (χ0n) is 54.5. The summed E-state index contributed by atoms with van der Waals surface area (Å²) in [5, 5.41) is 6.37. The van der Waals surface area contributed by atoms with Crippen molar-refractivity contribution in [2.24, 2.45) is 0 Å². The van der Waals surface area contributed by atoms with Crippen LogP contribution in [0.25, 0.3) is 48.6 Å². The summed E-state index contributed by atoms with van der Waals surface area (Å²) in [7, 11) is 6.32. The normalized spacial score (nSPS) is 11.6. The molecule has 2 radical (unpaired) electrons. The molecule has 16 heteroatoms. The minimum Gasteiger partial charge on any atom is -0.489 e. The van der Waals surface area contributed by atoms with E-state index in [1.807, 2.05) is 109 Å². The predicted molar refractivity (Wildman–Crippen MR) is 375 cm³/mol. The molecule has 0 aliphatic heterocycles. The third-order valence-electron chi connectivity index (χ3n) is 14.9. The Balaban J connectivity index is 0.000000269. The van der Waals surface area contributed by atoms with Crippen LogP contribution in [0.15, 0.2) is 218 Å². The summed E-state index contributed by atoms with van der Waals surface area (Å²) in [6.45, 7) is 4.18. The Kier molecular flexibility index (Phi) is 34.4. The maximum Gasteiger partial charge on any atom is 0.536 e. The van der Waals surface area contributed by atoms with Crippen LogP contribution < -0.4 is 25.6 Å². The SMILES string of the molecule is CCc1ccc([Si](OC)(OC)OC)cc1.CO[Si](OC)(OC)c1ccc(CNCc2ccc(/C=C/c3ccc(/C=C/c4cc[c-]cc4)cc3)cc2)cc1.CO[Si](OC)(OC)c1ccc(COc2ccc(/C=C/c3ccc(/C=C/c4cc[c-]cc4)cc3)cc2)cc1.[Y].[Y]. The molecule has 11 nitrogen and oxygen atoms in total. The van der Waals surface area contributed by atoms with Gasteiger partial charge in [0, 0.05) is 158 Å². The minimum atomic E-state index is -2.81. The molecule has 9 rings (SSSR count). The molecular weight excluding hydrogens is 1350 g/mol. The van der Waals surface area contributed by atoms with Gasteiger partial charge in [-0.25, -0.2) is 0 Å². The molecule has 0 amide bonds. The van der Waals surface area contributed by atoms with Gasteiger partial charge in [-0.2, -0.15) is 60.7 Å². The first-order valence-electron chi connectivity index (χ1n) is 29.6. The third-order valence-corrected chi connectivity index (χ3v) is 22.9. The number of aryl methyl sites for hydroxylation is 1. The van der Waals surface area contributed by atoms with Crippen LogP contribution in [0.4, 0.5) is 0 Å². The summed E-state index contributed by atoms with van der Waals surface area (Å²) < 4.78 is 55.4. The quantitative estimate of drug-likeness (QED) is 0.0288. The van der Waals surface area contributed by atoms with Gasteiger partial charge in [0.05, 0.1) is 0 Å². The van der Waals surface area contributed by atoms with E-state index in [1.54, 1.807) is 64.0 Å². The molecule has 0 saturated heterocycles. The summed E-state index contributed by atoms with van der Waals surface area (Å²) in [6, 6.07) is 80.1. The average molecular weight is 1430 g/mol. The van der Waals surface area contributed by atoms with Crippen molar-refractivity contribution < 1.29 is 110 Å². The Hall–Kier alpha value is -5.80. The van der Waals surface area contributed by atoms with Crippen molar-refractivity contribution in [3.8, 4) is 5.75 Å². The molecule has 1 N–H and O–H groups in total. The van der Waals surface area contributed by atoms with Crippen molar-refractivity contribution in [2.45, 2.75) is 33.0 Å². The summed E-state index contributed by atoms with van der Waals surface area (Å²) in [6.07, 6.45) is 18.0. The average Bonchev–Trinajstić information content (AvgIpc) is 1.53. The molecule has 0 atom stereocenters. The van der Waals surface area contributed by atoms with Gasteiger partial charge in [0.1, 0.15) is 12.4 Å². The van der Waals surface area contributed by atoms with Gasteiger partial charge >= 0.3 is 26.4 Å². The van der Waals surface area contributed by atoms with E-state index in [1.165, 1.54) is 44.5 Å². The first-order chi connectivity index (χ1) is 44.0. The van der Waals surface area contributed by atoms with Crippen LogP contribution in [-0.4, -0.2) is 90.4 Å². The Bertz CT molecular complexity index is 3580. The van der Waals surface area contributed by atoms with Crippen LogP contribution in [0.5, 0.6) is 5.75 Å². The van der Waals surface area contributed by atoms with E-state index in [2.05, 4.69) is 182 Å². The van der Waals surface area contributed by atoms with Crippen LogP contribution in [0, 0.1) is 12.1 Å². The van der Waals surface area contributed by atoms with Gasteiger partial charge in [-0.15, -0.1) is 11.1 Å². The van der Waals surface area contributed by atoms with E-state index >= 15 is 0 Å². The Labute approximate surface area is 600 Å². The van der Waals surface area contributed by atoms with Crippen LogP contribution in [0.3, 0.4) is 0 Å². The van der Waals surface area contributed by atoms with Crippen molar-refractivity contribution in [3.63, 3.8) is 0 Å². The van der Waals surface area contributed by atoms with E-state index in [-0.39, 0.29) is 65.4 Å². The van der Waals surface area contributed by atoms with Gasteiger partial charge in [-0.05, 0) is 74.2 Å². The smallest absolute Gasteiger partial charge is 0.489 e. The number of ether oxygens (including phenoxy) is 1. The van der Waals surface area contributed by atoms with Crippen LogP contribution in [0.2, 0.25) is 0 Å². The van der Waals surface area contributed by atoms with E-state index < -0.39 is 26.4 Å². The second kappa shape index (κ2) is 41.1. The topological polar surface area (TPSA) is 104 Å². The first-order valence-corrected chi connectivity index (χ1v) is 34.8. The molecule has 9 aromatic rings. The monoisotopic (exact) mass is 1430 g/mol. The molecule has 0 heterocycles. The zero-order chi connectivity index (χ0) is 63.9. The summed E-state index contributed by atoms with van der Waals surface area (Å²) in [4.78, 5) is 0. The molecule has 0 aromatic heterocycles. The second-order valence-corrected chi connectivity index (χ2v) is 29.2. The molecule has 472 valence electrons. The fourth-order valence-electron chi connectivity index (χ4n) is 9.55. The molecule has 0 unspecified atom stereocenters. The van der Waals surface area contributed by atoms with E-state index in [0.29, 0.717) is 6.61 Å². The number of rotatable bonds is 28. The first kappa shape index (κ1) is 76.9. The minimum absolute atomic E-state index is 0. The fraction of sp³-hybridized carbons (Fsp3) is 0.184. The maximum atomic E-state index is 5.97. The van der Waals surface area contributed by atoms with Crippen molar-refractivity contribution in [2.75, 3.05) is 64.0 Å². The van der Waals surface area contributed by atoms with Crippen molar-refractivity contribution >= 4 is 90.6 Å². The van der Waals surface area contributed by atoms with Crippen LogP contribution in [-0.2, 0) is 131 Å². The van der Waals surface area contributed by atoms with Crippen molar-refractivity contribution in [1.29, 1.82) is 0 Å². The zero-order valence-corrected chi connectivity index (χ0v) is 63.1. The van der Waals surface area contributed by atoms with Gasteiger partial charge in [0.15, 0.2) is 0 Å². The van der Waals surface area contributed by atoms with Crippen molar-refractivity contribution in [1.82, 2.24) is 5.32 Å². The summed E-state index contributed by atoms with van der Waals surface area (Å²) in [5.41, 5.74) is 14.1. The van der Waals surface area contributed by atoms with E-state index in [0.717, 1.165) is 63.1 Å². The molecule has 0 saturated carbocycles. The molecule has 0 fully saturated rings. The van der Waals surface area contributed by atoms with Gasteiger partial charge in [0.2, 0.25) is 0 Å². The van der Waals surface area contributed by atoms with Gasteiger partial charge in [-0.3, -0.25) is 0 Å². The van der Waals surface area contributed by atoms with E-state index in [9.17, 15) is 0 Å². The largest absolute Gasteiger partial charge is 0.536 e. The predicted octanol–water partition coefficient (Wildman–Crippen LogP) is 14.0. The molecule has 0 bridgehead atoms. The van der Waals surface area contributed by atoms with Crippen LogP contribution in [0.1, 0.15) is 73.7 Å². The Morgan fingerprint density at radius 3 is 0.793 bits per heavy atom. The molecule has 0 aliphatic carbocycles. The second-order valence-electron chi connectivity index (χ2n) is 20.5. The van der Waals surface area contributed by atoms with Crippen LogP contribution >= 0.6 is 0 Å². The van der Waals surface area contributed by atoms with Gasteiger partial charge in [0.25, 0.3) is 0 Å². The van der Waals surface area contributed by atoms with E-state index in [4.69, 9.17) is 44.6 Å². The third kappa shape index (κ3) is 23.3. The molecular formula is C76H83NO10Si3Y2-2. The Morgan fingerprint density at radius 1 is 0.293 bits per heavy atom. The van der Waals surface area contributed by atoms with Gasteiger partial charge in [-0.1, -0.05) is 213 Å². The summed E-state index contributed by atoms with van der Waals surface area (Å²) in [5.74, 6) is 0.822. The molecule has 9 aromatic carbocycles. The Morgan fingerprint density at radius 2 is 0.522 bits per heavy atom. The summed E-state index contributed by atoms with van der Waals surface area (Å²) >= 11 is 0.